The van der Waals surface area contributed by atoms with Crippen molar-refractivity contribution in [3.05, 3.63) is 29.6 Å². The van der Waals surface area contributed by atoms with E-state index < -0.39 is 5.97 Å². The van der Waals surface area contributed by atoms with Crippen molar-refractivity contribution in [3.63, 3.8) is 0 Å². The molecule has 0 unspecified atom stereocenters. The summed E-state index contributed by atoms with van der Waals surface area (Å²) in [6, 6.07) is 5.23. The van der Waals surface area contributed by atoms with Gasteiger partial charge in [0.15, 0.2) is 0 Å². The number of rotatable bonds is 3. The quantitative estimate of drug-likeness (QED) is 0.885. The van der Waals surface area contributed by atoms with Gasteiger partial charge in [-0.15, -0.1) is 0 Å². The van der Waals surface area contributed by atoms with E-state index in [1.165, 1.54) is 0 Å². The zero-order chi connectivity index (χ0) is 12.6. The Balaban J connectivity index is 2.84. The summed E-state index contributed by atoms with van der Waals surface area (Å²) in [5, 5.41) is 9.21. The summed E-state index contributed by atoms with van der Waals surface area (Å²) in [4.78, 5) is 15.7. The Kier molecular flexibility index (Phi) is 2.88. The van der Waals surface area contributed by atoms with Gasteiger partial charge in [0.05, 0.1) is 16.6 Å². The van der Waals surface area contributed by atoms with Crippen LogP contribution in [-0.4, -0.2) is 20.6 Å². The molecule has 90 valence electrons. The summed E-state index contributed by atoms with van der Waals surface area (Å²) < 4.78 is 1.99. The molecule has 1 heterocycles. The lowest BCUT2D eigenvalue weighted by molar-refractivity contribution is 0.0698. The lowest BCUT2D eigenvalue weighted by Gasteiger charge is -2.09. The summed E-state index contributed by atoms with van der Waals surface area (Å²) in [7, 11) is 0. The first-order valence-corrected chi connectivity index (χ1v) is 5.78. The maximum atomic E-state index is 11.2. The van der Waals surface area contributed by atoms with Crippen LogP contribution >= 0.6 is 0 Å². The molecule has 0 aliphatic heterocycles. The number of hydrogen-bond donors (Lipinski definition) is 1. The Morgan fingerprint density at radius 1 is 1.47 bits per heavy atom. The van der Waals surface area contributed by atoms with E-state index in [2.05, 4.69) is 18.8 Å². The lowest BCUT2D eigenvalue weighted by atomic mass is 10.2. The fraction of sp³-hybridized carbons (Fsp3) is 0.385. The first kappa shape index (κ1) is 11.6. The Bertz CT molecular complexity index is 570. The molecule has 1 N–H and O–H groups in total. The molecular formula is C13H16N2O2. The van der Waals surface area contributed by atoms with Crippen molar-refractivity contribution >= 4 is 17.0 Å². The third kappa shape index (κ3) is 1.79. The van der Waals surface area contributed by atoms with Crippen molar-refractivity contribution in [3.8, 4) is 0 Å². The average molecular weight is 232 g/mol. The van der Waals surface area contributed by atoms with Gasteiger partial charge in [-0.3, -0.25) is 0 Å². The van der Waals surface area contributed by atoms with Gasteiger partial charge in [-0.1, -0.05) is 19.9 Å². The fourth-order valence-corrected chi connectivity index (χ4v) is 2.14. The van der Waals surface area contributed by atoms with Crippen LogP contribution < -0.4 is 0 Å². The van der Waals surface area contributed by atoms with Crippen LogP contribution in [0.3, 0.4) is 0 Å². The normalized spacial score (nSPS) is 11.3. The molecule has 0 aliphatic carbocycles. The highest BCUT2D eigenvalue weighted by Gasteiger charge is 2.17. The molecule has 1 aromatic carbocycles. The maximum absolute atomic E-state index is 11.2. The Hall–Kier alpha value is -1.84. The second kappa shape index (κ2) is 4.20. The second-order valence-electron chi connectivity index (χ2n) is 4.35. The minimum absolute atomic E-state index is 0.281. The van der Waals surface area contributed by atoms with Gasteiger partial charge in [0.25, 0.3) is 0 Å². The topological polar surface area (TPSA) is 55.1 Å². The van der Waals surface area contributed by atoms with E-state index in [-0.39, 0.29) is 5.92 Å². The van der Waals surface area contributed by atoms with Crippen molar-refractivity contribution in [2.45, 2.75) is 33.2 Å². The van der Waals surface area contributed by atoms with Gasteiger partial charge in [0.1, 0.15) is 5.82 Å². The summed E-state index contributed by atoms with van der Waals surface area (Å²) in [5.74, 6) is 0.320. The monoisotopic (exact) mass is 232 g/mol. The highest BCUT2D eigenvalue weighted by Crippen LogP contribution is 2.24. The van der Waals surface area contributed by atoms with Crippen LogP contribution in [0.2, 0.25) is 0 Å². The fourth-order valence-electron chi connectivity index (χ4n) is 2.14. The number of benzene rings is 1. The molecule has 0 aliphatic rings. The molecule has 4 heteroatoms. The summed E-state index contributed by atoms with van der Waals surface area (Å²) in [6.45, 7) is 6.86. The number of fused-ring (bicyclic) bond motifs is 1. The number of imidazole rings is 1. The van der Waals surface area contributed by atoms with Crippen molar-refractivity contribution in [2.24, 2.45) is 0 Å². The molecule has 0 saturated heterocycles. The van der Waals surface area contributed by atoms with E-state index >= 15 is 0 Å². The third-order valence-electron chi connectivity index (χ3n) is 2.86. The predicted octanol–water partition coefficient (Wildman–Crippen LogP) is 2.88. The second-order valence-corrected chi connectivity index (χ2v) is 4.35. The van der Waals surface area contributed by atoms with E-state index in [4.69, 9.17) is 0 Å². The van der Waals surface area contributed by atoms with Crippen LogP contribution in [0, 0.1) is 0 Å². The highest BCUT2D eigenvalue weighted by atomic mass is 16.4. The van der Waals surface area contributed by atoms with E-state index in [1.54, 1.807) is 12.1 Å². The van der Waals surface area contributed by atoms with Crippen LogP contribution in [0.4, 0.5) is 0 Å². The number of carboxylic acids is 1. The molecule has 0 atom stereocenters. The van der Waals surface area contributed by atoms with Gasteiger partial charge in [-0.05, 0) is 19.1 Å². The molecule has 0 amide bonds. The maximum Gasteiger partial charge on any atom is 0.337 e. The number of nitrogens with zero attached hydrogens (tertiary/aromatic N) is 2. The first-order chi connectivity index (χ1) is 8.06. The lowest BCUT2D eigenvalue weighted by Crippen LogP contribution is -2.06. The Labute approximate surface area is 99.9 Å². The van der Waals surface area contributed by atoms with E-state index in [0.29, 0.717) is 5.56 Å². The molecule has 0 fully saturated rings. The molecule has 0 bridgehead atoms. The molecule has 4 nitrogen and oxygen atoms in total. The molecule has 2 rings (SSSR count). The zero-order valence-corrected chi connectivity index (χ0v) is 10.3. The Morgan fingerprint density at radius 3 is 2.71 bits per heavy atom. The number of aromatic carboxylic acids is 1. The molecule has 0 spiro atoms. The standard InChI is InChI=1S/C13H16N2O2/c1-4-15-11-9(13(16)17)6-5-7-10(11)14-12(15)8(2)3/h5-8H,4H2,1-3H3,(H,16,17). The molecule has 17 heavy (non-hydrogen) atoms. The van der Waals surface area contributed by atoms with Gasteiger partial charge in [-0.25, -0.2) is 9.78 Å². The van der Waals surface area contributed by atoms with Crippen LogP contribution in [0.1, 0.15) is 42.9 Å². The summed E-state index contributed by atoms with van der Waals surface area (Å²) in [6.07, 6.45) is 0. The number of aryl methyl sites for hydroxylation is 1. The number of carbonyl (C=O) groups is 1. The Morgan fingerprint density at radius 2 is 2.18 bits per heavy atom. The highest BCUT2D eigenvalue weighted by molar-refractivity contribution is 6.01. The number of carboxylic acid groups (broad SMARTS) is 1. The van der Waals surface area contributed by atoms with E-state index in [1.807, 2.05) is 17.6 Å². The molecular weight excluding hydrogens is 216 g/mol. The molecule has 0 radical (unpaired) electrons. The zero-order valence-electron chi connectivity index (χ0n) is 10.3. The van der Waals surface area contributed by atoms with Gasteiger partial charge in [-0.2, -0.15) is 0 Å². The van der Waals surface area contributed by atoms with E-state index in [9.17, 15) is 9.90 Å². The van der Waals surface area contributed by atoms with Crippen LogP contribution in [0.15, 0.2) is 18.2 Å². The third-order valence-corrected chi connectivity index (χ3v) is 2.86. The molecule has 1 aromatic heterocycles. The van der Waals surface area contributed by atoms with E-state index in [0.717, 1.165) is 23.4 Å². The SMILES string of the molecule is CCn1c(C(C)C)nc2cccc(C(=O)O)c21. The van der Waals surface area contributed by atoms with Crippen molar-refractivity contribution in [1.82, 2.24) is 9.55 Å². The van der Waals surface area contributed by atoms with Gasteiger partial charge in [0, 0.05) is 12.5 Å². The van der Waals surface area contributed by atoms with Crippen molar-refractivity contribution < 1.29 is 9.90 Å². The summed E-state index contributed by atoms with van der Waals surface area (Å²) in [5.41, 5.74) is 1.81. The van der Waals surface area contributed by atoms with Gasteiger partial charge in [0.2, 0.25) is 0 Å². The largest absolute Gasteiger partial charge is 0.478 e. The van der Waals surface area contributed by atoms with Crippen LogP contribution in [0.25, 0.3) is 11.0 Å². The summed E-state index contributed by atoms with van der Waals surface area (Å²) >= 11 is 0. The number of aromatic nitrogens is 2. The molecule has 2 aromatic rings. The molecule has 0 saturated carbocycles. The smallest absolute Gasteiger partial charge is 0.337 e. The average Bonchev–Trinajstić information content (AvgIpc) is 2.66. The van der Waals surface area contributed by atoms with Gasteiger partial charge >= 0.3 is 5.97 Å². The number of para-hydroxylation sites is 1. The van der Waals surface area contributed by atoms with Crippen molar-refractivity contribution in [1.29, 1.82) is 0 Å². The number of hydrogen-bond acceptors (Lipinski definition) is 2. The van der Waals surface area contributed by atoms with Crippen LogP contribution in [0.5, 0.6) is 0 Å². The minimum atomic E-state index is -0.902. The van der Waals surface area contributed by atoms with Gasteiger partial charge < -0.3 is 9.67 Å². The minimum Gasteiger partial charge on any atom is -0.478 e. The first-order valence-electron chi connectivity index (χ1n) is 5.78. The predicted molar refractivity (Wildman–Crippen MR) is 66.5 cm³/mol. The van der Waals surface area contributed by atoms with Crippen LogP contribution in [-0.2, 0) is 6.54 Å². The van der Waals surface area contributed by atoms with Crippen molar-refractivity contribution in [2.75, 3.05) is 0 Å².